The zero-order valence-electron chi connectivity index (χ0n) is 33.1. The topological polar surface area (TPSA) is 32.8 Å². The quantitative estimate of drug-likeness (QED) is 0.161. The SMILES string of the molecule is C1=C2C3=C(CC=C1c1cccc4oc5ccccc5c14)Sc1ccccc1N3B1c3c2cccc3-c2cc(-c3cccc4oc5ccccc5c34)cc3c2N1c1ccccc1S3. The van der Waals surface area contributed by atoms with Crippen molar-refractivity contribution in [3.63, 3.8) is 0 Å². The number of benzene rings is 8. The van der Waals surface area contributed by atoms with Crippen LogP contribution in [0, 0.1) is 0 Å². The van der Waals surface area contributed by atoms with Gasteiger partial charge in [-0.15, -0.1) is 0 Å². The molecule has 0 spiro atoms. The van der Waals surface area contributed by atoms with E-state index in [1.54, 1.807) is 0 Å². The number of furan rings is 2. The molecule has 288 valence electrons. The molecule has 5 aliphatic rings. The van der Waals surface area contributed by atoms with Gasteiger partial charge in [-0.3, -0.25) is 0 Å². The predicted octanol–water partition coefficient (Wildman–Crippen LogP) is 14.8. The second kappa shape index (κ2) is 12.3. The number of fused-ring (bicyclic) bond motifs is 14. The fraction of sp³-hybridized carbons (Fsp3) is 0.0182. The molecule has 6 heterocycles. The smallest absolute Gasteiger partial charge is 0.422 e. The van der Waals surface area contributed by atoms with Crippen LogP contribution in [-0.2, 0) is 0 Å². The van der Waals surface area contributed by atoms with Gasteiger partial charge in [0.15, 0.2) is 0 Å². The lowest BCUT2D eigenvalue weighted by Crippen LogP contribution is -2.65. The fourth-order valence-electron chi connectivity index (χ4n) is 11.0. The molecule has 4 nitrogen and oxygen atoms in total. The first-order chi connectivity index (χ1) is 30.7. The molecule has 62 heavy (non-hydrogen) atoms. The molecule has 7 heteroatoms. The van der Waals surface area contributed by atoms with Gasteiger partial charge in [-0.2, -0.15) is 0 Å². The highest BCUT2D eigenvalue weighted by atomic mass is 32.2. The van der Waals surface area contributed by atoms with Gasteiger partial charge in [0.1, 0.15) is 22.3 Å². The summed E-state index contributed by atoms with van der Waals surface area (Å²) in [5.74, 6) is 0. The highest BCUT2D eigenvalue weighted by Crippen LogP contribution is 2.60. The van der Waals surface area contributed by atoms with E-state index in [0.29, 0.717) is 0 Å². The fourth-order valence-corrected chi connectivity index (χ4v) is 13.3. The van der Waals surface area contributed by atoms with E-state index in [-0.39, 0.29) is 6.98 Å². The maximum atomic E-state index is 6.44. The lowest BCUT2D eigenvalue weighted by Gasteiger charge is -2.52. The standard InChI is InChI=1S/C55H31BN2O2S2/c1-5-20-43-37(12-1)51-33(14-10-22-45(51)59-43)31-26-27-49-54-39(28-31)35-16-9-17-36-40-29-32(34-15-11-23-46-52(34)38-13-2-6-21-44(38)60-46)30-50-55(40)58(42-19-4-8-25-48(42)62-50)56(53(35)36)57(54)41-18-3-7-24-47(41)61-49/h1-26,28-30H,27H2. The van der Waals surface area contributed by atoms with Crippen molar-refractivity contribution in [3.8, 4) is 22.3 Å². The van der Waals surface area contributed by atoms with Gasteiger partial charge in [-0.25, -0.2) is 0 Å². The zero-order chi connectivity index (χ0) is 40.2. The molecular formula is C55H31BN2O2S2. The van der Waals surface area contributed by atoms with Crippen molar-refractivity contribution >= 4 is 108 Å². The molecule has 10 aromatic rings. The molecule has 0 bridgehead atoms. The molecule has 0 radical (unpaired) electrons. The molecule has 0 amide bonds. The van der Waals surface area contributed by atoms with Crippen molar-refractivity contribution in [3.05, 3.63) is 198 Å². The van der Waals surface area contributed by atoms with Crippen molar-refractivity contribution in [1.29, 1.82) is 0 Å². The molecule has 1 aliphatic carbocycles. The van der Waals surface area contributed by atoms with Crippen LogP contribution in [0.3, 0.4) is 0 Å². The largest absolute Gasteiger partial charge is 0.456 e. The number of hydrogen-bond donors (Lipinski definition) is 0. The van der Waals surface area contributed by atoms with Gasteiger partial charge in [0.2, 0.25) is 0 Å². The summed E-state index contributed by atoms with van der Waals surface area (Å²) in [6.45, 7) is -0.117. The molecule has 4 aliphatic heterocycles. The summed E-state index contributed by atoms with van der Waals surface area (Å²) in [4.78, 5) is 10.5. The number of thioether (sulfide) groups is 1. The molecule has 0 saturated carbocycles. The minimum Gasteiger partial charge on any atom is -0.456 e. The molecule has 0 fully saturated rings. The van der Waals surface area contributed by atoms with Gasteiger partial charge in [-0.1, -0.05) is 133 Å². The van der Waals surface area contributed by atoms with E-state index >= 15 is 0 Å². The lowest BCUT2D eigenvalue weighted by molar-refractivity contribution is 0.668. The van der Waals surface area contributed by atoms with E-state index in [2.05, 4.69) is 186 Å². The van der Waals surface area contributed by atoms with Crippen molar-refractivity contribution in [1.82, 2.24) is 0 Å². The minimum absolute atomic E-state index is 0.117. The number of nitrogens with zero attached hydrogens (tertiary/aromatic N) is 2. The molecule has 0 N–H and O–H groups in total. The summed E-state index contributed by atoms with van der Waals surface area (Å²) in [6.07, 6.45) is 5.75. The van der Waals surface area contributed by atoms with Crippen LogP contribution in [-0.4, -0.2) is 6.98 Å². The number of anilines is 3. The van der Waals surface area contributed by atoms with Gasteiger partial charge in [0.05, 0.1) is 5.69 Å². The number of hydrogen-bond acceptors (Lipinski definition) is 6. The Morgan fingerprint density at radius 1 is 0.484 bits per heavy atom. The highest BCUT2D eigenvalue weighted by Gasteiger charge is 2.52. The van der Waals surface area contributed by atoms with Gasteiger partial charge in [-0.05, 0) is 112 Å². The van der Waals surface area contributed by atoms with Gasteiger partial charge >= 0.3 is 6.98 Å². The Morgan fingerprint density at radius 2 is 1.08 bits per heavy atom. The summed E-state index contributed by atoms with van der Waals surface area (Å²) in [7, 11) is 0. The lowest BCUT2D eigenvalue weighted by atomic mass is 9.52. The maximum Gasteiger partial charge on any atom is 0.422 e. The third-order valence-corrected chi connectivity index (χ3v) is 15.7. The molecule has 8 aromatic carbocycles. The molecule has 0 unspecified atom stereocenters. The van der Waals surface area contributed by atoms with Crippen LogP contribution in [0.15, 0.2) is 210 Å². The van der Waals surface area contributed by atoms with E-state index in [4.69, 9.17) is 8.83 Å². The molecule has 0 saturated heterocycles. The Balaban J connectivity index is 1.03. The van der Waals surface area contributed by atoms with Gasteiger partial charge in [0.25, 0.3) is 0 Å². The Morgan fingerprint density at radius 3 is 1.85 bits per heavy atom. The maximum absolute atomic E-state index is 6.44. The highest BCUT2D eigenvalue weighted by molar-refractivity contribution is 8.03. The molecule has 15 rings (SSSR count). The van der Waals surface area contributed by atoms with Crippen LogP contribution in [0.1, 0.15) is 17.5 Å². The Kier molecular flexibility index (Phi) is 6.67. The van der Waals surface area contributed by atoms with Crippen LogP contribution in [0.4, 0.5) is 17.1 Å². The summed E-state index contributed by atoms with van der Waals surface area (Å²) in [6, 6.07) is 59.8. The van der Waals surface area contributed by atoms with E-state index in [9.17, 15) is 0 Å². The molecular weight excluding hydrogens is 796 g/mol. The number of rotatable bonds is 2. The molecule has 0 atom stereocenters. The first-order valence-corrected chi connectivity index (χ1v) is 22.8. The summed E-state index contributed by atoms with van der Waals surface area (Å²) >= 11 is 3.82. The molecule has 2 aromatic heterocycles. The van der Waals surface area contributed by atoms with Gasteiger partial charge in [0, 0.05) is 69.3 Å². The van der Waals surface area contributed by atoms with Crippen LogP contribution in [0.25, 0.3) is 77.3 Å². The van der Waals surface area contributed by atoms with E-state index in [1.807, 2.05) is 23.5 Å². The van der Waals surface area contributed by atoms with Crippen LogP contribution < -0.4 is 15.1 Å². The van der Waals surface area contributed by atoms with Gasteiger partial charge < -0.3 is 18.5 Å². The Labute approximate surface area is 365 Å². The first kappa shape index (κ1) is 33.6. The number of para-hydroxylation sites is 4. The predicted molar refractivity (Wildman–Crippen MR) is 259 cm³/mol. The Bertz CT molecular complexity index is 3780. The van der Waals surface area contributed by atoms with Crippen molar-refractivity contribution in [2.75, 3.05) is 9.62 Å². The van der Waals surface area contributed by atoms with Crippen LogP contribution in [0.5, 0.6) is 0 Å². The van der Waals surface area contributed by atoms with Crippen molar-refractivity contribution in [2.45, 2.75) is 21.1 Å². The average Bonchev–Trinajstić information content (AvgIpc) is 3.84. The first-order valence-electron chi connectivity index (χ1n) is 21.2. The van der Waals surface area contributed by atoms with Crippen LogP contribution >= 0.6 is 23.5 Å². The Hall–Kier alpha value is -7.06. The summed E-state index contributed by atoms with van der Waals surface area (Å²) in [5, 5.41) is 4.61. The second-order valence-electron chi connectivity index (χ2n) is 16.6. The number of allylic oxidation sites excluding steroid dienone is 5. The monoisotopic (exact) mass is 826 g/mol. The third-order valence-electron chi connectivity index (χ3n) is 13.4. The van der Waals surface area contributed by atoms with E-state index in [1.165, 1.54) is 97.7 Å². The van der Waals surface area contributed by atoms with E-state index in [0.717, 1.165) is 44.9 Å². The summed E-state index contributed by atoms with van der Waals surface area (Å²) < 4.78 is 12.9. The second-order valence-corrected chi connectivity index (χ2v) is 18.9. The normalized spacial score (nSPS) is 15.6. The summed E-state index contributed by atoms with van der Waals surface area (Å²) in [5.41, 5.74) is 19.9. The third kappa shape index (κ3) is 4.41. The van der Waals surface area contributed by atoms with E-state index < -0.39 is 0 Å². The zero-order valence-corrected chi connectivity index (χ0v) is 34.7. The van der Waals surface area contributed by atoms with Crippen molar-refractivity contribution < 1.29 is 8.83 Å². The average molecular weight is 827 g/mol. The van der Waals surface area contributed by atoms with Crippen LogP contribution in [0.2, 0.25) is 0 Å². The minimum atomic E-state index is -0.117. The van der Waals surface area contributed by atoms with Crippen molar-refractivity contribution in [2.24, 2.45) is 0 Å².